The predicted molar refractivity (Wildman–Crippen MR) is 93.2 cm³/mol. The molecule has 4 nitrogen and oxygen atoms in total. The lowest BCUT2D eigenvalue weighted by Crippen LogP contribution is -2.15. The van der Waals surface area contributed by atoms with E-state index in [2.05, 4.69) is 32.6 Å². The molecule has 0 aromatic heterocycles. The smallest absolute Gasteiger partial charge is 0.261 e. The first kappa shape index (κ1) is 14.6. The summed E-state index contributed by atoms with van der Waals surface area (Å²) in [4.78, 5) is 0.272. The molecule has 21 heavy (non-hydrogen) atoms. The highest BCUT2D eigenvalue weighted by atomic mass is 127. The van der Waals surface area contributed by atoms with Crippen LogP contribution in [-0.2, 0) is 16.4 Å². The molecule has 0 saturated heterocycles. The fraction of sp³-hybridized carbons (Fsp3) is 0.200. The third kappa shape index (κ3) is 3.32. The summed E-state index contributed by atoms with van der Waals surface area (Å²) in [5, 5.41) is 3.30. The second-order valence-corrected chi connectivity index (χ2v) is 7.89. The van der Waals surface area contributed by atoms with E-state index in [1.165, 1.54) is 5.56 Å². The van der Waals surface area contributed by atoms with Crippen molar-refractivity contribution in [3.63, 3.8) is 0 Å². The average molecular weight is 414 g/mol. The van der Waals surface area contributed by atoms with Crippen molar-refractivity contribution in [3.05, 3.63) is 51.6 Å². The SMILES string of the molecule is O=S(=O)(Nc1ccc2c(c1)NCCC2)c1ccc(I)cc1. The second-order valence-electron chi connectivity index (χ2n) is 4.96. The highest BCUT2D eigenvalue weighted by Crippen LogP contribution is 2.26. The van der Waals surface area contributed by atoms with E-state index in [1.54, 1.807) is 24.3 Å². The fourth-order valence-corrected chi connectivity index (χ4v) is 3.76. The third-order valence-electron chi connectivity index (χ3n) is 3.42. The molecule has 6 heteroatoms. The maximum atomic E-state index is 12.3. The zero-order valence-electron chi connectivity index (χ0n) is 11.3. The summed E-state index contributed by atoms with van der Waals surface area (Å²) < 4.78 is 28.3. The lowest BCUT2D eigenvalue weighted by Gasteiger charge is -2.19. The highest BCUT2D eigenvalue weighted by Gasteiger charge is 2.15. The average Bonchev–Trinajstić information content (AvgIpc) is 2.47. The van der Waals surface area contributed by atoms with Crippen molar-refractivity contribution in [1.82, 2.24) is 0 Å². The summed E-state index contributed by atoms with van der Waals surface area (Å²) in [6.45, 7) is 0.931. The van der Waals surface area contributed by atoms with Gasteiger partial charge in [0.1, 0.15) is 0 Å². The van der Waals surface area contributed by atoms with E-state index in [0.717, 1.165) is 28.6 Å². The lowest BCUT2D eigenvalue weighted by atomic mass is 10.0. The Bertz CT molecular complexity index is 758. The summed E-state index contributed by atoms with van der Waals surface area (Å²) in [7, 11) is -3.54. The van der Waals surface area contributed by atoms with Gasteiger partial charge in [-0.3, -0.25) is 4.72 Å². The first-order valence-corrected chi connectivity index (χ1v) is 9.26. The van der Waals surface area contributed by atoms with Gasteiger partial charge in [-0.1, -0.05) is 6.07 Å². The van der Waals surface area contributed by atoms with Gasteiger partial charge in [0.15, 0.2) is 0 Å². The van der Waals surface area contributed by atoms with Gasteiger partial charge in [0.2, 0.25) is 0 Å². The number of hydrogen-bond acceptors (Lipinski definition) is 3. The molecule has 0 aliphatic carbocycles. The Hall–Kier alpha value is -1.28. The van der Waals surface area contributed by atoms with Crippen LogP contribution < -0.4 is 10.0 Å². The minimum absolute atomic E-state index is 0.272. The number of nitrogens with one attached hydrogen (secondary N) is 2. The maximum absolute atomic E-state index is 12.3. The predicted octanol–water partition coefficient (Wildman–Crippen LogP) is 3.45. The van der Waals surface area contributed by atoms with Crippen LogP contribution in [0.4, 0.5) is 11.4 Å². The van der Waals surface area contributed by atoms with Crippen molar-refractivity contribution in [2.45, 2.75) is 17.7 Å². The van der Waals surface area contributed by atoms with E-state index in [0.29, 0.717) is 5.69 Å². The number of aryl methyl sites for hydroxylation is 1. The van der Waals surface area contributed by atoms with Gasteiger partial charge in [0.05, 0.1) is 10.6 Å². The Morgan fingerprint density at radius 3 is 2.62 bits per heavy atom. The van der Waals surface area contributed by atoms with E-state index in [1.807, 2.05) is 18.2 Å². The maximum Gasteiger partial charge on any atom is 0.261 e. The van der Waals surface area contributed by atoms with Gasteiger partial charge in [0, 0.05) is 15.8 Å². The van der Waals surface area contributed by atoms with E-state index in [4.69, 9.17) is 0 Å². The van der Waals surface area contributed by atoms with Crippen LogP contribution in [0.3, 0.4) is 0 Å². The normalized spacial score (nSPS) is 14.1. The molecule has 0 fully saturated rings. The zero-order chi connectivity index (χ0) is 14.9. The molecule has 0 radical (unpaired) electrons. The molecule has 2 aromatic carbocycles. The van der Waals surface area contributed by atoms with Crippen LogP contribution in [0.25, 0.3) is 0 Å². The van der Waals surface area contributed by atoms with Gasteiger partial charge in [0.25, 0.3) is 10.0 Å². The van der Waals surface area contributed by atoms with Crippen LogP contribution in [0.5, 0.6) is 0 Å². The van der Waals surface area contributed by atoms with Crippen LogP contribution in [-0.4, -0.2) is 15.0 Å². The molecule has 110 valence electrons. The molecular formula is C15H15IN2O2S. The molecule has 1 aliphatic heterocycles. The van der Waals surface area contributed by atoms with E-state index < -0.39 is 10.0 Å². The second kappa shape index (κ2) is 5.84. The van der Waals surface area contributed by atoms with Crippen molar-refractivity contribution < 1.29 is 8.42 Å². The molecule has 0 unspecified atom stereocenters. The molecule has 0 atom stereocenters. The quantitative estimate of drug-likeness (QED) is 0.757. The first-order valence-electron chi connectivity index (χ1n) is 6.70. The van der Waals surface area contributed by atoms with Crippen molar-refractivity contribution in [1.29, 1.82) is 0 Å². The minimum atomic E-state index is -3.54. The first-order chi connectivity index (χ1) is 10.0. The molecule has 2 aromatic rings. The van der Waals surface area contributed by atoms with Crippen LogP contribution >= 0.6 is 22.6 Å². The number of benzene rings is 2. The Morgan fingerprint density at radius 2 is 1.86 bits per heavy atom. The largest absolute Gasteiger partial charge is 0.385 e. The molecule has 0 bridgehead atoms. The minimum Gasteiger partial charge on any atom is -0.385 e. The summed E-state index contributed by atoms with van der Waals surface area (Å²) in [6.07, 6.45) is 2.15. The molecule has 1 aliphatic rings. The number of sulfonamides is 1. The Kier molecular flexibility index (Phi) is 4.08. The van der Waals surface area contributed by atoms with Crippen molar-refractivity contribution in [2.24, 2.45) is 0 Å². The molecule has 1 heterocycles. The molecule has 0 spiro atoms. The van der Waals surface area contributed by atoms with Gasteiger partial charge in [-0.05, 0) is 77.4 Å². The van der Waals surface area contributed by atoms with E-state index in [-0.39, 0.29) is 4.90 Å². The van der Waals surface area contributed by atoms with Gasteiger partial charge < -0.3 is 5.32 Å². The number of fused-ring (bicyclic) bond motifs is 1. The molecule has 0 saturated carbocycles. The molecule has 3 rings (SSSR count). The summed E-state index contributed by atoms with van der Waals surface area (Å²) in [5.74, 6) is 0. The van der Waals surface area contributed by atoms with Crippen molar-refractivity contribution >= 4 is 44.0 Å². The highest BCUT2D eigenvalue weighted by molar-refractivity contribution is 14.1. The van der Waals surface area contributed by atoms with Gasteiger partial charge in [-0.2, -0.15) is 0 Å². The van der Waals surface area contributed by atoms with Gasteiger partial charge >= 0.3 is 0 Å². The van der Waals surface area contributed by atoms with Crippen LogP contribution in [0.1, 0.15) is 12.0 Å². The van der Waals surface area contributed by atoms with Crippen molar-refractivity contribution in [2.75, 3.05) is 16.6 Å². The van der Waals surface area contributed by atoms with Gasteiger partial charge in [-0.15, -0.1) is 0 Å². The van der Waals surface area contributed by atoms with Gasteiger partial charge in [-0.25, -0.2) is 8.42 Å². The topological polar surface area (TPSA) is 58.2 Å². The third-order valence-corrected chi connectivity index (χ3v) is 5.54. The lowest BCUT2D eigenvalue weighted by molar-refractivity contribution is 0.601. The Morgan fingerprint density at radius 1 is 1.10 bits per heavy atom. The van der Waals surface area contributed by atoms with Crippen LogP contribution in [0.15, 0.2) is 47.4 Å². The fourth-order valence-electron chi connectivity index (χ4n) is 2.35. The Labute approximate surface area is 138 Å². The van der Waals surface area contributed by atoms with Crippen LogP contribution in [0.2, 0.25) is 0 Å². The monoisotopic (exact) mass is 414 g/mol. The molecule has 0 amide bonds. The van der Waals surface area contributed by atoms with Crippen LogP contribution in [0, 0.1) is 3.57 Å². The number of halogens is 1. The van der Waals surface area contributed by atoms with E-state index in [9.17, 15) is 8.42 Å². The van der Waals surface area contributed by atoms with Crippen molar-refractivity contribution in [3.8, 4) is 0 Å². The summed E-state index contributed by atoms with van der Waals surface area (Å²) in [6, 6.07) is 12.4. The summed E-state index contributed by atoms with van der Waals surface area (Å²) >= 11 is 2.15. The van der Waals surface area contributed by atoms with E-state index >= 15 is 0 Å². The Balaban J connectivity index is 1.87. The molecule has 2 N–H and O–H groups in total. The number of anilines is 2. The molecular weight excluding hydrogens is 399 g/mol. The summed E-state index contributed by atoms with van der Waals surface area (Å²) in [5.41, 5.74) is 2.84. The number of rotatable bonds is 3. The standard InChI is InChI=1S/C15H15IN2O2S/c16-12-4-7-14(8-5-12)21(19,20)18-13-6-3-11-2-1-9-17-15(11)10-13/h3-8,10,17-18H,1-2,9H2. The zero-order valence-corrected chi connectivity index (χ0v) is 14.2. The number of hydrogen-bond donors (Lipinski definition) is 2.